The van der Waals surface area contributed by atoms with Gasteiger partial charge in [-0.3, -0.25) is 0 Å². The van der Waals surface area contributed by atoms with Crippen LogP contribution in [0.25, 0.3) is 0 Å². The van der Waals surface area contributed by atoms with Crippen molar-refractivity contribution in [3.63, 3.8) is 0 Å². The van der Waals surface area contributed by atoms with Crippen LogP contribution < -0.4 is 37.9 Å². The van der Waals surface area contributed by atoms with Gasteiger partial charge in [-0.2, -0.15) is 35.1 Å². The standard InChI is InChI=1S/C10H5F5O2.2C10H6F4O2.2C10H7F3O2.3C10H8F2O2/c1-3(2)10(16)17-9-7(14)5(12)4(11)6(13)8(9)15;2*1-4(2)10(15)16-9-7(13)5(11)3-6(12)8(9)14;2*1-5(2)10(14)15-7-4-3-6(11)8(12)9(7)13;1-6(2)10(13)14-9-4-7(11)3-8(12)5-9;2*1-6(2)10(13)14-7-3-4-8(11)9(12)5-7/h1H2,2H3;2*3H,1H2,2H3;2*3-4H,1H2,2H3;3*3-5H,1H2,2H3/i2D3;2D3,3D;2D3;2D3,3D,4D;2D3;2*2D3,3D,4D,5D;2D3. The van der Waals surface area contributed by atoms with Gasteiger partial charge in [0.1, 0.15) is 28.9 Å². The molecule has 0 aliphatic rings. The lowest BCUT2D eigenvalue weighted by atomic mass is 10.2. The van der Waals surface area contributed by atoms with Crippen LogP contribution in [0.2, 0.25) is 0 Å². The molecule has 0 amide bonds. The molecule has 0 unspecified atom stereocenters. The SMILES string of the molecule is [2H]C([2H])([2H])C(=C)C(=O)Oc1c(F)c(F)c(F)c(F)c1F.[2H]C([2H])([2H])C(=C)C(=O)Oc1c(F)c(F)cc(F)c1F.[2H]C([2H])([2H])C(=C)C(=O)Oc1ccc(F)c(F)c1.[2H]C([2H])([2H])C(=C)C(=O)Oc1ccc(F)c(F)c1F.[2H]c1c(F)c(F)c(OC(=O)C(=C)C([2H])([2H])[2H])c(F)c1F.[2H]c1c(F)c([2H])c(OC(=O)C(=C)C([2H])([2H])[2H])c([2H])c1F.[2H]c1c([2H])c(OC(=O)C(=C)C([2H])([2H])[2H])c(F)c(F)c1F.[2H]c1c([2H])c(OC(=O)C(=C)C([2H])([2H])[2H])c([2H])c(F)c1F. The van der Waals surface area contributed by atoms with Crippen molar-refractivity contribution in [3.05, 3.63) is 333 Å². The van der Waals surface area contributed by atoms with E-state index in [4.69, 9.17) is 45.2 Å². The highest BCUT2D eigenvalue weighted by Gasteiger charge is 2.30. The predicted octanol–water partition coefficient (Wildman–Crippen LogP) is 20.8. The molecule has 0 aliphatic carbocycles. The number of hydrogen-bond donors (Lipinski definition) is 0. The maximum Gasteiger partial charge on any atom is 0.338 e. The first-order chi connectivity index (χ1) is 69.3. The van der Waals surface area contributed by atoms with E-state index in [0.29, 0.717) is 18.2 Å². The summed E-state index contributed by atoms with van der Waals surface area (Å²) in [6.07, 6.45) is 0. The van der Waals surface area contributed by atoms with Gasteiger partial charge in [-0.15, -0.1) is 0 Å². The van der Waals surface area contributed by atoms with E-state index in [2.05, 4.69) is 90.5 Å². The molecule has 16 nitrogen and oxygen atoms in total. The van der Waals surface area contributed by atoms with Gasteiger partial charge in [0, 0.05) is 120 Å². The van der Waals surface area contributed by atoms with Crippen LogP contribution in [0, 0.1) is 145 Å². The van der Waals surface area contributed by atoms with Crippen molar-refractivity contribution in [1.29, 1.82) is 0 Å². The van der Waals surface area contributed by atoms with Crippen molar-refractivity contribution in [3.8, 4) is 46.0 Å². The van der Waals surface area contributed by atoms with Gasteiger partial charge < -0.3 is 37.9 Å². The predicted molar refractivity (Wildman–Crippen MR) is 374 cm³/mol. The van der Waals surface area contributed by atoms with Crippen molar-refractivity contribution in [2.75, 3.05) is 0 Å². The van der Waals surface area contributed by atoms with E-state index < -0.39 is 387 Å². The van der Waals surface area contributed by atoms with Crippen molar-refractivity contribution in [2.45, 2.75) is 54.8 Å². The summed E-state index contributed by atoms with van der Waals surface area (Å²) in [5.41, 5.74) is -7.98. The Kier molecular flexibility index (Phi) is 24.1. The molecule has 0 aliphatic heterocycles. The number of carbonyl (C=O) groups is 8. The Hall–Kier alpha value is -14.3. The van der Waals surface area contributed by atoms with Crippen LogP contribution in [0.15, 0.2) is 188 Å². The first-order valence-corrected chi connectivity index (χ1v) is 28.9. The van der Waals surface area contributed by atoms with Gasteiger partial charge in [-0.1, -0.05) is 52.6 Å². The van der Waals surface area contributed by atoms with Crippen LogP contribution in [0.4, 0.5) is 110 Å². The Labute approximate surface area is 713 Å². The molecule has 0 fully saturated rings. The van der Waals surface area contributed by atoms with Crippen LogP contribution in [0.5, 0.6) is 46.0 Å². The van der Waals surface area contributed by atoms with Crippen molar-refractivity contribution < 1.29 is 231 Å². The molecule has 0 bridgehead atoms. The molecule has 0 saturated heterocycles. The Balaban J connectivity index is 0.000000880. The summed E-state index contributed by atoms with van der Waals surface area (Å²) in [6.45, 7) is 0.164. The minimum absolute atomic E-state index is 0.0828. The highest BCUT2D eigenvalue weighted by molar-refractivity contribution is 5.92. The summed E-state index contributed by atoms with van der Waals surface area (Å²) in [7, 11) is 0. The van der Waals surface area contributed by atoms with Gasteiger partial charge in [0.15, 0.2) is 81.3 Å². The summed E-state index contributed by atoms with van der Waals surface area (Å²) in [5.74, 6) is -70.6. The number of halogens is 25. The van der Waals surface area contributed by atoms with E-state index in [1.807, 2.05) is 0 Å². The van der Waals surface area contributed by atoms with Crippen LogP contribution >= 0.6 is 0 Å². The summed E-state index contributed by atoms with van der Waals surface area (Å²) in [4.78, 5) is 90.4. The molecule has 8 rings (SSSR count). The number of rotatable bonds is 16. The van der Waals surface area contributed by atoms with Gasteiger partial charge in [0.2, 0.25) is 81.2 Å². The average Bonchev–Trinajstić information content (AvgIpc) is 0.800. The third-order valence-electron chi connectivity index (χ3n) is 10.9. The quantitative estimate of drug-likeness (QED) is 0.0220. The molecule has 8 aromatic carbocycles. The maximum atomic E-state index is 13.4. The van der Waals surface area contributed by atoms with Crippen LogP contribution in [-0.4, -0.2) is 47.8 Å². The smallest absolute Gasteiger partial charge is 0.338 e. The monoisotopic (exact) mass is 1780 g/mol. The van der Waals surface area contributed by atoms with Gasteiger partial charge in [-0.25, -0.2) is 113 Å². The molecule has 0 aromatic heterocycles. The zero-order valence-corrected chi connectivity index (χ0v) is 58.1. The average molecular weight is 1780 g/mol. The third kappa shape index (κ3) is 33.0. The number of carbonyl (C=O) groups excluding carboxylic acids is 8. The zero-order valence-electron chi connectivity index (χ0n) is 91.1. The summed E-state index contributed by atoms with van der Waals surface area (Å²) in [6, 6.07) is -7.90. The lowest BCUT2D eigenvalue weighted by Crippen LogP contribution is -2.13. The molecule has 0 saturated carbocycles. The Morgan fingerprint density at radius 1 is 0.231 bits per heavy atom. The fourth-order valence-corrected chi connectivity index (χ4v) is 5.62. The molecular weight excluding hydrogens is 1690 g/mol. The molecule has 8 aromatic rings. The lowest BCUT2D eigenvalue weighted by molar-refractivity contribution is -0.131. The van der Waals surface area contributed by atoms with E-state index in [1.54, 1.807) is 0 Å². The fraction of sp³-hybridized carbons (Fsp3) is 0.100. The van der Waals surface area contributed by atoms with Gasteiger partial charge in [0.05, 0.1) is 12.3 Å². The second-order valence-corrected chi connectivity index (χ2v) is 19.8. The number of esters is 8. The van der Waals surface area contributed by atoms with Crippen LogP contribution in [-0.2, 0) is 38.4 Å². The van der Waals surface area contributed by atoms with E-state index in [9.17, 15) is 148 Å². The molecule has 41 heteroatoms. The molecule has 121 heavy (non-hydrogen) atoms. The molecule has 646 valence electrons. The van der Waals surface area contributed by atoms with Crippen molar-refractivity contribution >= 4 is 47.8 Å². The summed E-state index contributed by atoms with van der Waals surface area (Å²) >= 11 is 0. The molecule has 0 atom stereocenters. The zero-order chi connectivity index (χ0) is 121. The first kappa shape index (κ1) is 61.1. The second kappa shape index (κ2) is 47.8. The highest BCUT2D eigenvalue weighted by atomic mass is 19.2. The van der Waals surface area contributed by atoms with Gasteiger partial charge in [-0.05, 0) is 103 Å². The fourth-order valence-electron chi connectivity index (χ4n) is 5.62. The molecule has 0 N–H and O–H groups in total. The van der Waals surface area contributed by atoms with E-state index in [0.717, 1.165) is 12.1 Å². The highest BCUT2D eigenvalue weighted by Crippen LogP contribution is 2.32. The number of ether oxygens (including phenoxy) is 8. The van der Waals surface area contributed by atoms with Crippen molar-refractivity contribution in [2.24, 2.45) is 0 Å². The topological polar surface area (TPSA) is 210 Å². The number of hydrogen-bond acceptors (Lipinski definition) is 16. The lowest BCUT2D eigenvalue weighted by Gasteiger charge is -2.08. The molecule has 0 spiro atoms. The largest absolute Gasteiger partial charge is 0.423 e. The second-order valence-electron chi connectivity index (χ2n) is 19.8. The minimum atomic E-state index is -3.04. The maximum absolute atomic E-state index is 13.4. The van der Waals surface area contributed by atoms with Crippen LogP contribution in [0.1, 0.15) is 100 Å². The normalized spacial score (nSPS) is 14.7. The Bertz CT molecular complexity index is 6160. The van der Waals surface area contributed by atoms with E-state index >= 15 is 0 Å². The first-order valence-electron chi connectivity index (χ1n) is 45.4. The molecule has 0 radical (unpaired) electrons. The Morgan fingerprint density at radius 3 is 0.942 bits per heavy atom. The summed E-state index contributed by atoms with van der Waals surface area (Å²) in [5, 5.41) is 0. The molecule has 0 heterocycles. The minimum Gasteiger partial charge on any atom is -0.423 e. The Morgan fingerprint density at radius 2 is 0.545 bits per heavy atom. The van der Waals surface area contributed by atoms with E-state index in [1.165, 1.54) is 0 Å². The molecular formula is C80H55F25O16. The summed E-state index contributed by atoms with van der Waals surface area (Å²) < 4.78 is 588. The van der Waals surface area contributed by atoms with E-state index in [-0.39, 0.29) is 11.8 Å². The third-order valence-corrected chi connectivity index (χ3v) is 10.9. The van der Waals surface area contributed by atoms with Crippen LogP contribution in [0.3, 0.4) is 0 Å². The van der Waals surface area contributed by atoms with Gasteiger partial charge in [0.25, 0.3) is 0 Å². The van der Waals surface area contributed by atoms with Crippen molar-refractivity contribution in [1.82, 2.24) is 0 Å². The number of benzene rings is 8. The van der Waals surface area contributed by atoms with Gasteiger partial charge >= 0.3 is 47.8 Å².